The minimum absolute atomic E-state index is 0.0334. The van der Waals surface area contributed by atoms with Crippen molar-refractivity contribution in [3.63, 3.8) is 0 Å². The van der Waals surface area contributed by atoms with Gasteiger partial charge in [-0.2, -0.15) is 0 Å². The summed E-state index contributed by atoms with van der Waals surface area (Å²) in [6, 6.07) is 21.8. The van der Waals surface area contributed by atoms with Crippen LogP contribution in [-0.4, -0.2) is 0 Å². The summed E-state index contributed by atoms with van der Waals surface area (Å²) in [5.41, 5.74) is 21.9. The van der Waals surface area contributed by atoms with E-state index in [-0.39, 0.29) is 27.1 Å². The Labute approximate surface area is 283 Å². The van der Waals surface area contributed by atoms with E-state index < -0.39 is 0 Å². The van der Waals surface area contributed by atoms with Crippen molar-refractivity contribution >= 4 is 21.9 Å². The molecule has 0 heterocycles. The highest BCUT2D eigenvalue weighted by molar-refractivity contribution is 6.13. The zero-order valence-corrected chi connectivity index (χ0v) is 31.1. The molecule has 1 atom stereocenters. The van der Waals surface area contributed by atoms with Gasteiger partial charge in [0.1, 0.15) is 0 Å². The van der Waals surface area contributed by atoms with Crippen molar-refractivity contribution in [2.45, 2.75) is 113 Å². The van der Waals surface area contributed by atoms with E-state index >= 15 is 0 Å². The van der Waals surface area contributed by atoms with Crippen LogP contribution >= 0.6 is 0 Å². The molecule has 47 heavy (non-hydrogen) atoms. The van der Waals surface area contributed by atoms with Crippen molar-refractivity contribution < 1.29 is 0 Å². The van der Waals surface area contributed by atoms with Crippen LogP contribution in [0, 0.1) is 31.6 Å². The van der Waals surface area contributed by atoms with E-state index in [1.165, 1.54) is 83.1 Å². The third kappa shape index (κ3) is 3.82. The Hall–Kier alpha value is -3.64. The Kier molecular flexibility index (Phi) is 5.92. The van der Waals surface area contributed by atoms with Crippen LogP contribution in [-0.2, 0) is 16.2 Å². The molecule has 4 aliphatic rings. The zero-order chi connectivity index (χ0) is 33.8. The number of hydrogen-bond acceptors (Lipinski definition) is 0. The molecular formula is C47H52. The van der Waals surface area contributed by atoms with Crippen LogP contribution in [0.1, 0.15) is 126 Å². The zero-order valence-electron chi connectivity index (χ0n) is 31.1. The molecule has 0 aromatic heterocycles. The number of rotatable bonds is 0. The second-order valence-electron chi connectivity index (χ2n) is 18.5. The predicted molar refractivity (Wildman–Crippen MR) is 203 cm³/mol. The molecular weight excluding hydrogens is 565 g/mol. The Morgan fingerprint density at radius 2 is 1.28 bits per heavy atom. The summed E-state index contributed by atoms with van der Waals surface area (Å²) in [4.78, 5) is 0. The van der Waals surface area contributed by atoms with Gasteiger partial charge in [0, 0.05) is 16.2 Å². The highest BCUT2D eigenvalue weighted by Gasteiger charge is 2.55. The molecule has 0 amide bonds. The Morgan fingerprint density at radius 3 is 1.96 bits per heavy atom. The lowest BCUT2D eigenvalue weighted by Gasteiger charge is -2.41. The summed E-state index contributed by atoms with van der Waals surface area (Å²) in [5, 5.41) is 2.88. The molecule has 0 nitrogen and oxygen atoms in total. The number of allylic oxidation sites excluding steroid dienone is 6. The van der Waals surface area contributed by atoms with E-state index in [1.54, 1.807) is 11.1 Å². The minimum Gasteiger partial charge on any atom is -0.0655 e. The third-order valence-corrected chi connectivity index (χ3v) is 12.5. The van der Waals surface area contributed by atoms with Crippen LogP contribution in [0.15, 0.2) is 77.9 Å². The molecule has 0 saturated heterocycles. The summed E-state index contributed by atoms with van der Waals surface area (Å²) in [6.45, 7) is 31.3. The van der Waals surface area contributed by atoms with E-state index in [2.05, 4.69) is 157 Å². The first kappa shape index (κ1) is 30.7. The van der Waals surface area contributed by atoms with Crippen molar-refractivity contribution in [3.8, 4) is 11.1 Å². The van der Waals surface area contributed by atoms with Crippen molar-refractivity contribution in [3.05, 3.63) is 128 Å². The van der Waals surface area contributed by atoms with Gasteiger partial charge in [-0.05, 0) is 121 Å². The smallest absolute Gasteiger partial charge is 0.0443 e. The number of fused-ring (bicyclic) bond motifs is 12. The monoisotopic (exact) mass is 616 g/mol. The van der Waals surface area contributed by atoms with Crippen LogP contribution in [0.3, 0.4) is 0 Å². The maximum Gasteiger partial charge on any atom is 0.0443 e. The maximum atomic E-state index is 2.72. The molecule has 4 aliphatic carbocycles. The molecule has 1 spiro atoms. The molecule has 0 bridgehead atoms. The summed E-state index contributed by atoms with van der Waals surface area (Å²) in [5.74, 6) is 0. The lowest BCUT2D eigenvalue weighted by molar-refractivity contribution is 0.432. The Bertz CT molecular complexity index is 2190. The molecule has 0 aliphatic heterocycles. The molecule has 0 radical (unpaired) electrons. The largest absolute Gasteiger partial charge is 0.0655 e. The lowest BCUT2D eigenvalue weighted by atomic mass is 9.62. The third-order valence-electron chi connectivity index (χ3n) is 12.5. The maximum absolute atomic E-state index is 2.72. The standard InChI is InChI=1S/C47H52/c1-26-20-27(2)37-28(3)22-34-38-36(47(39(34)33(37)21-26)24-29(43(4,5)6)23-30(25-47)44(7,8)9)19-18-32-40(38)46(12,13)41-31-16-14-15-17-35(31)45(10,11)42(32)41/h14-24H,25H2,1-13H3. The fourth-order valence-electron chi connectivity index (χ4n) is 10.3. The quantitative estimate of drug-likeness (QED) is 0.184. The highest BCUT2D eigenvalue weighted by atomic mass is 14.6. The van der Waals surface area contributed by atoms with Crippen molar-refractivity contribution in [1.82, 2.24) is 0 Å². The average Bonchev–Trinajstić information content (AvgIpc) is 3.47. The van der Waals surface area contributed by atoms with Gasteiger partial charge in [0.05, 0.1) is 0 Å². The molecule has 0 heteroatoms. The number of benzene rings is 4. The van der Waals surface area contributed by atoms with Crippen molar-refractivity contribution in [1.29, 1.82) is 0 Å². The first-order valence-electron chi connectivity index (χ1n) is 17.8. The Balaban J connectivity index is 1.54. The van der Waals surface area contributed by atoms with Crippen LogP contribution in [0.25, 0.3) is 33.0 Å². The summed E-state index contributed by atoms with van der Waals surface area (Å²) < 4.78 is 0. The first-order chi connectivity index (χ1) is 21.8. The van der Waals surface area contributed by atoms with E-state index in [4.69, 9.17) is 0 Å². The van der Waals surface area contributed by atoms with Gasteiger partial charge in [-0.3, -0.25) is 0 Å². The summed E-state index contributed by atoms with van der Waals surface area (Å²) in [6.07, 6.45) is 6.29. The summed E-state index contributed by atoms with van der Waals surface area (Å²) >= 11 is 0. The molecule has 0 saturated carbocycles. The van der Waals surface area contributed by atoms with Crippen molar-refractivity contribution in [2.24, 2.45) is 10.8 Å². The van der Waals surface area contributed by atoms with Gasteiger partial charge < -0.3 is 0 Å². The molecule has 1 unspecified atom stereocenters. The fourth-order valence-corrected chi connectivity index (χ4v) is 10.3. The topological polar surface area (TPSA) is 0 Å². The van der Waals surface area contributed by atoms with E-state index in [1.807, 2.05) is 0 Å². The average molecular weight is 617 g/mol. The van der Waals surface area contributed by atoms with Gasteiger partial charge in [0.2, 0.25) is 0 Å². The molecule has 0 fully saturated rings. The van der Waals surface area contributed by atoms with Gasteiger partial charge in [-0.1, -0.05) is 147 Å². The molecule has 4 aromatic carbocycles. The number of hydrogen-bond donors (Lipinski definition) is 0. The highest BCUT2D eigenvalue weighted by Crippen LogP contribution is 2.68. The predicted octanol–water partition coefficient (Wildman–Crippen LogP) is 12.9. The van der Waals surface area contributed by atoms with Crippen LogP contribution in [0.5, 0.6) is 0 Å². The number of aryl methyl sites for hydroxylation is 3. The molecule has 4 aromatic rings. The molecule has 8 rings (SSSR count). The second-order valence-corrected chi connectivity index (χ2v) is 18.5. The van der Waals surface area contributed by atoms with E-state index in [0.29, 0.717) is 0 Å². The van der Waals surface area contributed by atoms with Crippen LogP contribution < -0.4 is 0 Å². The normalized spacial score (nSPS) is 21.8. The molecule has 240 valence electrons. The van der Waals surface area contributed by atoms with Crippen LogP contribution in [0.2, 0.25) is 0 Å². The fraction of sp³-hybridized carbons (Fsp3) is 0.404. The lowest BCUT2D eigenvalue weighted by Crippen LogP contribution is -2.32. The minimum atomic E-state index is -0.234. The molecule has 0 N–H and O–H groups in total. The van der Waals surface area contributed by atoms with Gasteiger partial charge >= 0.3 is 0 Å². The van der Waals surface area contributed by atoms with Gasteiger partial charge in [-0.25, -0.2) is 0 Å². The SMILES string of the molecule is Cc1cc(C)c2c(C)cc3c(c2c1)C1(C=C(C(C)(C)C)C=C(C(C)(C)C)C1)c1ccc2c(c1-3)C(C)(C)C1=C2C(C)(C)c2ccccc21. The van der Waals surface area contributed by atoms with Gasteiger partial charge in [-0.15, -0.1) is 0 Å². The van der Waals surface area contributed by atoms with Gasteiger partial charge in [0.15, 0.2) is 0 Å². The Morgan fingerprint density at radius 1 is 0.617 bits per heavy atom. The van der Waals surface area contributed by atoms with E-state index in [0.717, 1.165) is 6.42 Å². The summed E-state index contributed by atoms with van der Waals surface area (Å²) in [7, 11) is 0. The first-order valence-corrected chi connectivity index (χ1v) is 17.8. The van der Waals surface area contributed by atoms with Crippen molar-refractivity contribution in [2.75, 3.05) is 0 Å². The van der Waals surface area contributed by atoms with E-state index in [9.17, 15) is 0 Å². The van der Waals surface area contributed by atoms with Gasteiger partial charge in [0.25, 0.3) is 0 Å². The van der Waals surface area contributed by atoms with Crippen LogP contribution in [0.4, 0.5) is 0 Å². The second kappa shape index (κ2) is 9.07.